The molecule has 0 atom stereocenters. The van der Waals surface area contributed by atoms with Gasteiger partial charge in [0.1, 0.15) is 12.4 Å². The number of nitrogens with one attached hydrogen (secondary N) is 1. The van der Waals surface area contributed by atoms with Crippen LogP contribution in [0, 0.1) is 0 Å². The molecular weight excluding hydrogens is 334 g/mol. The number of anilines is 1. The highest BCUT2D eigenvalue weighted by atomic mass is 16.5. The molecule has 0 aromatic heterocycles. The van der Waals surface area contributed by atoms with E-state index < -0.39 is 5.91 Å². The number of ether oxygens (including phenoxy) is 3. The molecule has 2 aromatic carbocycles. The van der Waals surface area contributed by atoms with E-state index in [0.717, 1.165) is 5.56 Å². The van der Waals surface area contributed by atoms with Crippen molar-refractivity contribution in [1.82, 2.24) is 0 Å². The third-order valence-electron chi connectivity index (χ3n) is 3.90. The summed E-state index contributed by atoms with van der Waals surface area (Å²) in [6.07, 6.45) is 0. The van der Waals surface area contributed by atoms with Crippen molar-refractivity contribution < 1.29 is 24.1 Å². The predicted octanol–water partition coefficient (Wildman–Crippen LogP) is 3.80. The Morgan fingerprint density at radius 1 is 1.08 bits per heavy atom. The van der Waals surface area contributed by atoms with Crippen LogP contribution >= 0.6 is 0 Å². The quantitative estimate of drug-likeness (QED) is 0.701. The first-order valence-corrected chi connectivity index (χ1v) is 8.40. The summed E-state index contributed by atoms with van der Waals surface area (Å²) < 4.78 is 15.9. The summed E-state index contributed by atoms with van der Waals surface area (Å²) in [7, 11) is 3.14. The fourth-order valence-electron chi connectivity index (χ4n) is 2.40. The third kappa shape index (κ3) is 4.89. The van der Waals surface area contributed by atoms with Crippen molar-refractivity contribution in [1.29, 1.82) is 0 Å². The molecule has 6 heteroatoms. The van der Waals surface area contributed by atoms with Gasteiger partial charge in [-0.2, -0.15) is 0 Å². The van der Waals surface area contributed by atoms with Crippen molar-refractivity contribution >= 4 is 11.6 Å². The molecule has 0 aliphatic carbocycles. The Kier molecular flexibility index (Phi) is 6.86. The van der Waals surface area contributed by atoms with Crippen LogP contribution in [0.25, 0.3) is 0 Å². The van der Waals surface area contributed by atoms with Crippen LogP contribution in [0.3, 0.4) is 0 Å². The number of hydrogen-bond donors (Lipinski definition) is 2. The van der Waals surface area contributed by atoms with Crippen molar-refractivity contribution in [2.24, 2.45) is 0 Å². The number of carbonyl (C=O) groups is 1. The fourth-order valence-corrected chi connectivity index (χ4v) is 2.40. The van der Waals surface area contributed by atoms with E-state index in [-0.39, 0.29) is 17.2 Å². The van der Waals surface area contributed by atoms with E-state index in [1.165, 1.54) is 6.07 Å². The molecule has 0 radical (unpaired) electrons. The van der Waals surface area contributed by atoms with Gasteiger partial charge in [0.25, 0.3) is 5.91 Å². The number of amides is 1. The summed E-state index contributed by atoms with van der Waals surface area (Å²) >= 11 is 0. The Morgan fingerprint density at radius 2 is 1.85 bits per heavy atom. The molecule has 0 bridgehead atoms. The lowest BCUT2D eigenvalue weighted by Gasteiger charge is -2.14. The Labute approximate surface area is 153 Å². The van der Waals surface area contributed by atoms with Gasteiger partial charge in [-0.15, -0.1) is 0 Å². The maximum atomic E-state index is 12.6. The molecule has 0 aliphatic heterocycles. The molecule has 140 valence electrons. The summed E-state index contributed by atoms with van der Waals surface area (Å²) in [6, 6.07) is 10.2. The molecule has 2 rings (SSSR count). The Balaban J connectivity index is 2.21. The highest BCUT2D eigenvalue weighted by molar-refractivity contribution is 6.06. The van der Waals surface area contributed by atoms with Crippen molar-refractivity contribution in [3.05, 3.63) is 47.5 Å². The second-order valence-corrected chi connectivity index (χ2v) is 6.09. The van der Waals surface area contributed by atoms with Gasteiger partial charge in [0, 0.05) is 18.9 Å². The van der Waals surface area contributed by atoms with E-state index in [0.29, 0.717) is 30.4 Å². The SMILES string of the molecule is COCCOc1cc(NC(=O)c2cc(C(C)C)ccc2O)ccc1OC. The van der Waals surface area contributed by atoms with Crippen LogP contribution in [0.15, 0.2) is 36.4 Å². The van der Waals surface area contributed by atoms with Crippen LogP contribution in [0.4, 0.5) is 5.69 Å². The fraction of sp³-hybridized carbons (Fsp3) is 0.350. The van der Waals surface area contributed by atoms with Crippen LogP contribution in [-0.2, 0) is 4.74 Å². The maximum Gasteiger partial charge on any atom is 0.259 e. The minimum atomic E-state index is -0.391. The Morgan fingerprint density at radius 3 is 2.50 bits per heavy atom. The highest BCUT2D eigenvalue weighted by Gasteiger charge is 2.15. The molecule has 0 saturated carbocycles. The normalized spacial score (nSPS) is 10.7. The third-order valence-corrected chi connectivity index (χ3v) is 3.90. The second kappa shape index (κ2) is 9.10. The molecule has 0 spiro atoms. The zero-order valence-corrected chi connectivity index (χ0v) is 15.5. The molecule has 0 saturated heterocycles. The van der Waals surface area contributed by atoms with Gasteiger partial charge in [-0.25, -0.2) is 0 Å². The molecule has 0 unspecified atom stereocenters. The molecule has 0 aliphatic rings. The molecule has 0 heterocycles. The van der Waals surface area contributed by atoms with E-state index in [1.807, 2.05) is 19.9 Å². The summed E-state index contributed by atoms with van der Waals surface area (Å²) in [4.78, 5) is 12.6. The predicted molar refractivity (Wildman–Crippen MR) is 101 cm³/mol. The lowest BCUT2D eigenvalue weighted by molar-refractivity contribution is 0.102. The summed E-state index contributed by atoms with van der Waals surface area (Å²) in [5, 5.41) is 12.8. The zero-order valence-electron chi connectivity index (χ0n) is 15.5. The number of hydrogen-bond acceptors (Lipinski definition) is 5. The number of rotatable bonds is 8. The maximum absolute atomic E-state index is 12.6. The molecule has 0 fully saturated rings. The van der Waals surface area contributed by atoms with Crippen molar-refractivity contribution in [3.8, 4) is 17.2 Å². The van der Waals surface area contributed by atoms with Gasteiger partial charge in [0.2, 0.25) is 0 Å². The smallest absolute Gasteiger partial charge is 0.259 e. The first-order valence-electron chi connectivity index (χ1n) is 8.40. The monoisotopic (exact) mass is 359 g/mol. The largest absolute Gasteiger partial charge is 0.507 e. The standard InChI is InChI=1S/C20H25NO5/c1-13(2)14-5-7-17(22)16(11-14)20(23)21-15-6-8-18(25-4)19(12-15)26-10-9-24-3/h5-8,11-13,22H,9-10H2,1-4H3,(H,21,23). The van der Waals surface area contributed by atoms with Gasteiger partial charge in [-0.1, -0.05) is 19.9 Å². The van der Waals surface area contributed by atoms with Crippen molar-refractivity contribution in [2.75, 3.05) is 32.8 Å². The number of methoxy groups -OCH3 is 2. The Bertz CT molecular complexity index is 758. The summed E-state index contributed by atoms with van der Waals surface area (Å²) in [5.74, 6) is 0.866. The average Bonchev–Trinajstić information content (AvgIpc) is 2.62. The molecule has 2 N–H and O–H groups in total. The van der Waals surface area contributed by atoms with Gasteiger partial charge in [0.15, 0.2) is 11.5 Å². The van der Waals surface area contributed by atoms with Crippen LogP contribution in [0.5, 0.6) is 17.2 Å². The summed E-state index contributed by atoms with van der Waals surface area (Å²) in [6.45, 7) is 4.86. The van der Waals surface area contributed by atoms with E-state index in [2.05, 4.69) is 5.32 Å². The molecule has 2 aromatic rings. The van der Waals surface area contributed by atoms with E-state index in [1.54, 1.807) is 38.5 Å². The minimum Gasteiger partial charge on any atom is -0.507 e. The van der Waals surface area contributed by atoms with Crippen LogP contribution in [0.2, 0.25) is 0 Å². The number of phenolic OH excluding ortho intramolecular Hbond substituents is 1. The molecule has 6 nitrogen and oxygen atoms in total. The topological polar surface area (TPSA) is 77.0 Å². The second-order valence-electron chi connectivity index (χ2n) is 6.09. The lowest BCUT2D eigenvalue weighted by Crippen LogP contribution is -2.13. The highest BCUT2D eigenvalue weighted by Crippen LogP contribution is 2.31. The lowest BCUT2D eigenvalue weighted by atomic mass is 10.00. The number of aromatic hydroxyl groups is 1. The summed E-state index contributed by atoms with van der Waals surface area (Å²) in [5.41, 5.74) is 1.75. The van der Waals surface area contributed by atoms with Gasteiger partial charge in [-0.3, -0.25) is 4.79 Å². The van der Waals surface area contributed by atoms with Crippen molar-refractivity contribution in [2.45, 2.75) is 19.8 Å². The molecular formula is C20H25NO5. The van der Waals surface area contributed by atoms with Crippen molar-refractivity contribution in [3.63, 3.8) is 0 Å². The van der Waals surface area contributed by atoms with Crippen LogP contribution in [-0.4, -0.2) is 38.4 Å². The zero-order chi connectivity index (χ0) is 19.1. The first kappa shape index (κ1) is 19.6. The Hall–Kier alpha value is -2.73. The van der Waals surface area contributed by atoms with E-state index >= 15 is 0 Å². The number of benzene rings is 2. The van der Waals surface area contributed by atoms with Gasteiger partial charge < -0.3 is 24.6 Å². The van der Waals surface area contributed by atoms with Crippen LogP contribution < -0.4 is 14.8 Å². The number of phenols is 1. The molecule has 1 amide bonds. The first-order chi connectivity index (χ1) is 12.5. The van der Waals surface area contributed by atoms with E-state index in [9.17, 15) is 9.90 Å². The average molecular weight is 359 g/mol. The van der Waals surface area contributed by atoms with Gasteiger partial charge in [-0.05, 0) is 35.7 Å². The van der Waals surface area contributed by atoms with Gasteiger partial charge in [0.05, 0.1) is 19.3 Å². The van der Waals surface area contributed by atoms with E-state index in [4.69, 9.17) is 14.2 Å². The van der Waals surface area contributed by atoms with Crippen LogP contribution in [0.1, 0.15) is 35.7 Å². The number of carbonyl (C=O) groups excluding carboxylic acids is 1. The van der Waals surface area contributed by atoms with Gasteiger partial charge >= 0.3 is 0 Å². The minimum absolute atomic E-state index is 0.0584. The molecule has 26 heavy (non-hydrogen) atoms.